The molecule has 1 aliphatic rings. The van der Waals surface area contributed by atoms with Crippen molar-refractivity contribution in [2.45, 2.75) is 13.8 Å². The van der Waals surface area contributed by atoms with Gasteiger partial charge in [-0.05, 0) is 22.8 Å². The first kappa shape index (κ1) is 15.1. The zero-order valence-electron chi connectivity index (χ0n) is 13.0. The van der Waals surface area contributed by atoms with Crippen LogP contribution in [0, 0.1) is 17.3 Å². The van der Waals surface area contributed by atoms with Crippen molar-refractivity contribution >= 4 is 17.6 Å². The number of nitrogens with zero attached hydrogens (tertiary/aromatic N) is 4. The van der Waals surface area contributed by atoms with Gasteiger partial charge in [0.15, 0.2) is 0 Å². The first-order valence-electron chi connectivity index (χ1n) is 7.19. The molecule has 0 bridgehead atoms. The van der Waals surface area contributed by atoms with Crippen molar-refractivity contribution in [3.8, 4) is 11.4 Å². The maximum absolute atomic E-state index is 12.3. The van der Waals surface area contributed by atoms with Gasteiger partial charge >= 0.3 is 5.97 Å². The fourth-order valence-electron chi connectivity index (χ4n) is 2.94. The highest BCUT2D eigenvalue weighted by Crippen LogP contribution is 2.58. The number of aliphatic carboxylic acids is 1. The molecule has 2 aromatic rings. The highest BCUT2D eigenvalue weighted by atomic mass is 16.4. The third-order valence-electron chi connectivity index (χ3n) is 4.27. The fraction of sp³-hybridized carbons (Fsp3) is 0.400. The van der Waals surface area contributed by atoms with Crippen LogP contribution < -0.4 is 5.32 Å². The van der Waals surface area contributed by atoms with Crippen LogP contribution in [-0.4, -0.2) is 37.2 Å². The van der Waals surface area contributed by atoms with Gasteiger partial charge in [-0.15, -0.1) is 10.2 Å². The number of carboxylic acids is 1. The lowest BCUT2D eigenvalue weighted by Gasteiger charge is -2.07. The summed E-state index contributed by atoms with van der Waals surface area (Å²) in [6.07, 6.45) is 0. The molecule has 0 aliphatic heterocycles. The summed E-state index contributed by atoms with van der Waals surface area (Å²) in [7, 11) is 1.67. The average molecular weight is 315 g/mol. The van der Waals surface area contributed by atoms with E-state index in [1.54, 1.807) is 39.1 Å². The fourth-order valence-corrected chi connectivity index (χ4v) is 2.94. The summed E-state index contributed by atoms with van der Waals surface area (Å²) < 4.78 is 0. The molecule has 2 atom stereocenters. The Hall–Kier alpha value is -2.77. The molecule has 0 spiro atoms. The first-order chi connectivity index (χ1) is 10.8. The van der Waals surface area contributed by atoms with Gasteiger partial charge in [0.25, 0.3) is 0 Å². The number of aromatic nitrogens is 4. The Morgan fingerprint density at radius 1 is 1.30 bits per heavy atom. The van der Waals surface area contributed by atoms with E-state index >= 15 is 0 Å². The van der Waals surface area contributed by atoms with E-state index < -0.39 is 23.2 Å². The lowest BCUT2D eigenvalue weighted by Crippen LogP contribution is -2.17. The topological polar surface area (TPSA) is 110 Å². The normalized spacial score (nSPS) is 21.7. The molecule has 1 amide bonds. The summed E-state index contributed by atoms with van der Waals surface area (Å²) in [5, 5.41) is 23.7. The Morgan fingerprint density at radius 2 is 2.04 bits per heavy atom. The molecular formula is C15H17N5O3. The number of carbonyl (C=O) groups is 2. The van der Waals surface area contributed by atoms with Crippen molar-refractivity contribution in [3.63, 3.8) is 0 Å². The zero-order valence-corrected chi connectivity index (χ0v) is 13.0. The quantitative estimate of drug-likeness (QED) is 0.876. The van der Waals surface area contributed by atoms with E-state index in [1.165, 1.54) is 4.80 Å². The van der Waals surface area contributed by atoms with Crippen LogP contribution in [0.5, 0.6) is 0 Å². The molecule has 1 fully saturated rings. The molecule has 2 N–H and O–H groups in total. The van der Waals surface area contributed by atoms with Gasteiger partial charge in [-0.25, -0.2) is 0 Å². The van der Waals surface area contributed by atoms with Crippen molar-refractivity contribution in [2.24, 2.45) is 24.3 Å². The third kappa shape index (κ3) is 2.67. The summed E-state index contributed by atoms with van der Waals surface area (Å²) in [5.74, 6) is -1.94. The highest BCUT2D eigenvalue weighted by Gasteiger charge is 2.65. The van der Waals surface area contributed by atoms with Gasteiger partial charge in [0.1, 0.15) is 0 Å². The standard InChI is InChI=1S/C15H17N5O3/c1-15(2)10(11(15)14(22)23)13(21)16-9-6-4-5-8(7-9)12-17-19-20(3)18-12/h4-7,10-11H,1-3H3,(H,16,21)(H,22,23). The molecule has 2 unspecified atom stereocenters. The molecular weight excluding hydrogens is 298 g/mol. The number of carboxylic acid groups (broad SMARTS) is 1. The van der Waals surface area contributed by atoms with Crippen LogP contribution in [0.15, 0.2) is 24.3 Å². The molecule has 8 nitrogen and oxygen atoms in total. The lowest BCUT2D eigenvalue weighted by molar-refractivity contribution is -0.140. The molecule has 1 aromatic carbocycles. The number of carbonyl (C=O) groups excluding carboxylic acids is 1. The number of hydrogen-bond donors (Lipinski definition) is 2. The third-order valence-corrected chi connectivity index (χ3v) is 4.27. The van der Waals surface area contributed by atoms with E-state index in [9.17, 15) is 9.59 Å². The van der Waals surface area contributed by atoms with E-state index in [0.717, 1.165) is 5.56 Å². The number of aryl methyl sites for hydroxylation is 1. The Kier molecular flexibility index (Phi) is 3.39. The van der Waals surface area contributed by atoms with Gasteiger partial charge in [-0.3, -0.25) is 9.59 Å². The van der Waals surface area contributed by atoms with Crippen molar-refractivity contribution in [2.75, 3.05) is 5.32 Å². The molecule has 0 saturated heterocycles. The summed E-state index contributed by atoms with van der Waals surface area (Å²) in [6, 6.07) is 7.06. The number of hydrogen-bond acceptors (Lipinski definition) is 5. The second-order valence-corrected chi connectivity index (χ2v) is 6.29. The van der Waals surface area contributed by atoms with Gasteiger partial charge in [0.2, 0.25) is 11.7 Å². The van der Waals surface area contributed by atoms with Crippen molar-refractivity contribution in [3.05, 3.63) is 24.3 Å². The number of tetrazole rings is 1. The van der Waals surface area contributed by atoms with Gasteiger partial charge in [-0.1, -0.05) is 26.0 Å². The molecule has 23 heavy (non-hydrogen) atoms. The maximum Gasteiger partial charge on any atom is 0.307 e. The SMILES string of the molecule is Cn1nnc(-c2cccc(NC(=O)C3C(C(=O)O)C3(C)C)c2)n1. The molecule has 1 saturated carbocycles. The van der Waals surface area contributed by atoms with Crippen molar-refractivity contribution in [1.29, 1.82) is 0 Å². The smallest absolute Gasteiger partial charge is 0.307 e. The molecule has 8 heteroatoms. The van der Waals surface area contributed by atoms with Crippen LogP contribution in [0.2, 0.25) is 0 Å². The van der Waals surface area contributed by atoms with Gasteiger partial charge < -0.3 is 10.4 Å². The molecule has 1 aliphatic carbocycles. The zero-order chi connectivity index (χ0) is 16.8. The van der Waals surface area contributed by atoms with Crippen LogP contribution in [0.4, 0.5) is 5.69 Å². The van der Waals surface area contributed by atoms with Crippen LogP contribution in [0.1, 0.15) is 13.8 Å². The second kappa shape index (κ2) is 5.15. The predicted molar refractivity (Wildman–Crippen MR) is 81.3 cm³/mol. The Balaban J connectivity index is 1.76. The predicted octanol–water partition coefficient (Wildman–Crippen LogP) is 1.17. The van der Waals surface area contributed by atoms with Gasteiger partial charge in [-0.2, -0.15) is 4.80 Å². The van der Waals surface area contributed by atoms with E-state index in [0.29, 0.717) is 11.5 Å². The number of nitrogens with one attached hydrogen (secondary N) is 1. The number of anilines is 1. The number of benzene rings is 1. The van der Waals surface area contributed by atoms with E-state index in [4.69, 9.17) is 5.11 Å². The average Bonchev–Trinajstić information content (AvgIpc) is 2.83. The minimum Gasteiger partial charge on any atom is -0.481 e. The summed E-state index contributed by atoms with van der Waals surface area (Å²) in [6.45, 7) is 3.58. The first-order valence-corrected chi connectivity index (χ1v) is 7.19. The Morgan fingerprint density at radius 3 is 2.61 bits per heavy atom. The van der Waals surface area contributed by atoms with Gasteiger partial charge in [0.05, 0.1) is 18.9 Å². The van der Waals surface area contributed by atoms with Crippen LogP contribution in [-0.2, 0) is 16.6 Å². The molecule has 0 radical (unpaired) electrons. The summed E-state index contributed by atoms with van der Waals surface area (Å²) in [5.41, 5.74) is 0.771. The summed E-state index contributed by atoms with van der Waals surface area (Å²) >= 11 is 0. The minimum atomic E-state index is -0.937. The highest BCUT2D eigenvalue weighted by molar-refractivity contribution is 6.00. The molecule has 1 aromatic heterocycles. The molecule has 120 valence electrons. The van der Waals surface area contributed by atoms with Crippen LogP contribution in [0.3, 0.4) is 0 Å². The molecule has 3 rings (SSSR count). The van der Waals surface area contributed by atoms with E-state index in [1.807, 2.05) is 6.07 Å². The Bertz CT molecular complexity index is 783. The monoisotopic (exact) mass is 315 g/mol. The maximum atomic E-state index is 12.3. The lowest BCUT2D eigenvalue weighted by atomic mass is 10.1. The Labute approximate surface area is 132 Å². The number of rotatable bonds is 4. The minimum absolute atomic E-state index is 0.286. The van der Waals surface area contributed by atoms with Crippen LogP contribution >= 0.6 is 0 Å². The van der Waals surface area contributed by atoms with E-state index in [2.05, 4.69) is 20.7 Å². The van der Waals surface area contributed by atoms with Crippen LogP contribution in [0.25, 0.3) is 11.4 Å². The van der Waals surface area contributed by atoms with E-state index in [-0.39, 0.29) is 5.91 Å². The second-order valence-electron chi connectivity index (χ2n) is 6.29. The largest absolute Gasteiger partial charge is 0.481 e. The van der Waals surface area contributed by atoms with Crippen molar-refractivity contribution < 1.29 is 14.7 Å². The number of amides is 1. The molecule has 1 heterocycles. The van der Waals surface area contributed by atoms with Gasteiger partial charge in [0, 0.05) is 11.3 Å². The van der Waals surface area contributed by atoms with Crippen molar-refractivity contribution in [1.82, 2.24) is 20.2 Å². The summed E-state index contributed by atoms with van der Waals surface area (Å²) in [4.78, 5) is 24.9.